The summed E-state index contributed by atoms with van der Waals surface area (Å²) in [6.45, 7) is 0. The summed E-state index contributed by atoms with van der Waals surface area (Å²) >= 11 is 0. The van der Waals surface area contributed by atoms with Crippen LogP contribution in [0.25, 0.3) is 76.9 Å². The van der Waals surface area contributed by atoms with E-state index in [1.807, 2.05) is 12.1 Å². The lowest BCUT2D eigenvalue weighted by molar-refractivity contribution is 0.669. The van der Waals surface area contributed by atoms with Crippen LogP contribution in [0.3, 0.4) is 0 Å². The van der Waals surface area contributed by atoms with Crippen LogP contribution in [0.4, 0.5) is 17.1 Å². The van der Waals surface area contributed by atoms with Crippen molar-refractivity contribution in [2.45, 2.75) is 0 Å². The zero-order valence-corrected chi connectivity index (χ0v) is 28.4. The molecule has 52 heavy (non-hydrogen) atoms. The van der Waals surface area contributed by atoms with Gasteiger partial charge in [0.15, 0.2) is 0 Å². The average molecular weight is 664 g/mol. The van der Waals surface area contributed by atoms with Gasteiger partial charge in [0, 0.05) is 27.7 Å². The summed E-state index contributed by atoms with van der Waals surface area (Å²) in [5.74, 6) is 0. The topological polar surface area (TPSA) is 16.4 Å². The summed E-state index contributed by atoms with van der Waals surface area (Å²) in [5, 5.41) is 7.21. The van der Waals surface area contributed by atoms with Crippen molar-refractivity contribution in [3.05, 3.63) is 200 Å². The van der Waals surface area contributed by atoms with Crippen molar-refractivity contribution in [2.24, 2.45) is 0 Å². The molecule has 2 nitrogen and oxygen atoms in total. The molecule has 0 radical (unpaired) electrons. The average Bonchev–Trinajstić information content (AvgIpc) is 3.59. The van der Waals surface area contributed by atoms with Gasteiger partial charge in [0.1, 0.15) is 11.2 Å². The van der Waals surface area contributed by atoms with E-state index in [0.717, 1.165) is 50.1 Å². The van der Waals surface area contributed by atoms with Gasteiger partial charge < -0.3 is 9.32 Å². The van der Waals surface area contributed by atoms with Gasteiger partial charge in [-0.05, 0) is 104 Å². The molecule has 1 aromatic heterocycles. The van der Waals surface area contributed by atoms with Gasteiger partial charge in [0.25, 0.3) is 0 Å². The van der Waals surface area contributed by atoms with Crippen molar-refractivity contribution >= 4 is 60.5 Å². The van der Waals surface area contributed by atoms with Crippen LogP contribution >= 0.6 is 0 Å². The van der Waals surface area contributed by atoms with E-state index in [9.17, 15) is 0 Å². The molecule has 0 aliphatic heterocycles. The predicted octanol–water partition coefficient (Wildman–Crippen LogP) is 14.4. The van der Waals surface area contributed by atoms with Crippen molar-refractivity contribution < 1.29 is 4.42 Å². The lowest BCUT2D eigenvalue weighted by atomic mass is 9.95. The van der Waals surface area contributed by atoms with Gasteiger partial charge in [-0.1, -0.05) is 146 Å². The largest absolute Gasteiger partial charge is 0.456 e. The first kappa shape index (κ1) is 30.0. The van der Waals surface area contributed by atoms with Gasteiger partial charge in [-0.2, -0.15) is 0 Å². The number of anilines is 3. The summed E-state index contributed by atoms with van der Waals surface area (Å²) in [6, 6.07) is 71.9. The number of nitrogens with zero attached hydrogens (tertiary/aromatic N) is 1. The van der Waals surface area contributed by atoms with E-state index in [1.54, 1.807) is 0 Å². The Hall–Kier alpha value is -6.90. The number of para-hydroxylation sites is 2. The normalized spacial score (nSPS) is 11.5. The molecule has 244 valence electrons. The molecular formula is C50H33NO. The highest BCUT2D eigenvalue weighted by molar-refractivity contribution is 6.06. The van der Waals surface area contributed by atoms with E-state index in [2.05, 4.69) is 193 Å². The number of benzene rings is 9. The minimum absolute atomic E-state index is 0.901. The quantitative estimate of drug-likeness (QED) is 0.176. The van der Waals surface area contributed by atoms with Crippen molar-refractivity contribution in [2.75, 3.05) is 4.90 Å². The van der Waals surface area contributed by atoms with Crippen LogP contribution in [0.5, 0.6) is 0 Å². The van der Waals surface area contributed by atoms with Crippen LogP contribution in [0.15, 0.2) is 205 Å². The molecule has 0 aliphatic carbocycles. The van der Waals surface area contributed by atoms with Crippen LogP contribution in [0.2, 0.25) is 0 Å². The first-order chi connectivity index (χ1) is 25.8. The highest BCUT2D eigenvalue weighted by Crippen LogP contribution is 2.44. The molecule has 0 aliphatic rings. The molecule has 9 aromatic carbocycles. The zero-order valence-electron chi connectivity index (χ0n) is 28.4. The fourth-order valence-electron chi connectivity index (χ4n) is 7.69. The van der Waals surface area contributed by atoms with Crippen LogP contribution in [0, 0.1) is 0 Å². The molecule has 0 spiro atoms. The molecule has 0 fully saturated rings. The third-order valence-corrected chi connectivity index (χ3v) is 10.2. The molecule has 0 saturated carbocycles. The van der Waals surface area contributed by atoms with Crippen LogP contribution < -0.4 is 4.90 Å². The Labute approximate surface area is 302 Å². The van der Waals surface area contributed by atoms with Crippen LogP contribution in [-0.2, 0) is 0 Å². The summed E-state index contributed by atoms with van der Waals surface area (Å²) in [6.07, 6.45) is 0. The van der Waals surface area contributed by atoms with Crippen molar-refractivity contribution in [3.8, 4) is 33.4 Å². The number of fused-ring (bicyclic) bond motifs is 5. The Bertz CT molecular complexity index is 2910. The molecule has 0 bridgehead atoms. The minimum atomic E-state index is 0.901. The second-order valence-electron chi connectivity index (χ2n) is 13.3. The highest BCUT2D eigenvalue weighted by atomic mass is 16.3. The number of rotatable bonds is 6. The maximum absolute atomic E-state index is 6.16. The molecule has 2 heteroatoms. The monoisotopic (exact) mass is 663 g/mol. The maximum Gasteiger partial charge on any atom is 0.135 e. The Morgan fingerprint density at radius 2 is 0.923 bits per heavy atom. The third kappa shape index (κ3) is 5.21. The summed E-state index contributed by atoms with van der Waals surface area (Å²) in [4.78, 5) is 2.40. The molecule has 10 rings (SSSR count). The van der Waals surface area contributed by atoms with Crippen LogP contribution in [0.1, 0.15) is 0 Å². The lowest BCUT2D eigenvalue weighted by Gasteiger charge is -2.29. The summed E-state index contributed by atoms with van der Waals surface area (Å²) in [7, 11) is 0. The van der Waals surface area contributed by atoms with E-state index >= 15 is 0 Å². The minimum Gasteiger partial charge on any atom is -0.456 e. The molecule has 0 atom stereocenters. The van der Waals surface area contributed by atoms with E-state index in [4.69, 9.17) is 4.42 Å². The van der Waals surface area contributed by atoms with Crippen LogP contribution in [-0.4, -0.2) is 0 Å². The Kier molecular flexibility index (Phi) is 7.18. The standard InChI is InChI=1S/C50H33NO/c1-2-13-37-31-39(24-23-34(37)11-1)35-25-28-41(29-26-35)51(48-21-7-5-18-45(48)44-20-10-14-36-12-3-4-17-43(36)44)42-16-9-15-38(32-42)40-27-30-50-47(33-40)46-19-6-8-22-49(46)52-50/h1-33H. The van der Waals surface area contributed by atoms with Gasteiger partial charge in [-0.25, -0.2) is 0 Å². The Morgan fingerprint density at radius 1 is 0.308 bits per heavy atom. The SMILES string of the molecule is c1cc(-c2ccc3oc4ccccc4c3c2)cc(N(c2ccc(-c3ccc4ccccc4c3)cc2)c2ccccc2-c2cccc3ccccc23)c1. The fraction of sp³-hybridized carbons (Fsp3) is 0. The van der Waals surface area contributed by atoms with Gasteiger partial charge in [-0.3, -0.25) is 0 Å². The predicted molar refractivity (Wildman–Crippen MR) is 220 cm³/mol. The van der Waals surface area contributed by atoms with Gasteiger partial charge in [0.05, 0.1) is 5.69 Å². The molecule has 1 heterocycles. The lowest BCUT2D eigenvalue weighted by Crippen LogP contribution is -2.11. The molecule has 0 unspecified atom stereocenters. The summed E-state index contributed by atoms with van der Waals surface area (Å²) in [5.41, 5.74) is 12.2. The van der Waals surface area contributed by atoms with E-state index in [1.165, 1.54) is 43.8 Å². The first-order valence-corrected chi connectivity index (χ1v) is 17.8. The molecule has 0 amide bonds. The van der Waals surface area contributed by atoms with E-state index in [0.29, 0.717) is 0 Å². The molecular weight excluding hydrogens is 631 g/mol. The highest BCUT2D eigenvalue weighted by Gasteiger charge is 2.19. The van der Waals surface area contributed by atoms with Crippen molar-refractivity contribution in [1.29, 1.82) is 0 Å². The number of hydrogen-bond acceptors (Lipinski definition) is 2. The Balaban J connectivity index is 1.13. The van der Waals surface area contributed by atoms with Gasteiger partial charge in [0.2, 0.25) is 0 Å². The zero-order chi connectivity index (χ0) is 34.4. The third-order valence-electron chi connectivity index (χ3n) is 10.2. The number of hydrogen-bond donors (Lipinski definition) is 0. The van der Waals surface area contributed by atoms with Crippen molar-refractivity contribution in [1.82, 2.24) is 0 Å². The number of furan rings is 1. The van der Waals surface area contributed by atoms with E-state index < -0.39 is 0 Å². The summed E-state index contributed by atoms with van der Waals surface area (Å²) < 4.78 is 6.16. The molecule has 0 saturated heterocycles. The maximum atomic E-state index is 6.16. The van der Waals surface area contributed by atoms with E-state index in [-0.39, 0.29) is 0 Å². The van der Waals surface area contributed by atoms with Crippen molar-refractivity contribution in [3.63, 3.8) is 0 Å². The van der Waals surface area contributed by atoms with Gasteiger partial charge >= 0.3 is 0 Å². The molecule has 0 N–H and O–H groups in total. The second-order valence-corrected chi connectivity index (χ2v) is 13.3. The molecule has 10 aromatic rings. The van der Waals surface area contributed by atoms with Gasteiger partial charge in [-0.15, -0.1) is 0 Å². The second kappa shape index (κ2) is 12.5. The fourth-order valence-corrected chi connectivity index (χ4v) is 7.69. The first-order valence-electron chi connectivity index (χ1n) is 17.8. The Morgan fingerprint density at radius 3 is 1.83 bits per heavy atom. The smallest absolute Gasteiger partial charge is 0.135 e.